The molecule has 82 valence electrons. The van der Waals surface area contributed by atoms with Crippen LogP contribution in [0.1, 0.15) is 12.1 Å². The number of likely N-dealkylation sites (N-methyl/N-ethyl adjacent to an activating group) is 1. The second kappa shape index (κ2) is 4.45. The van der Waals surface area contributed by atoms with Crippen LogP contribution in [-0.4, -0.2) is 41.1 Å². The van der Waals surface area contributed by atoms with Crippen molar-refractivity contribution in [1.29, 1.82) is 0 Å². The maximum absolute atomic E-state index is 5.70. The largest absolute Gasteiger partial charge is 0.459 e. The zero-order chi connectivity index (χ0) is 10.8. The molecule has 0 amide bonds. The predicted molar refractivity (Wildman–Crippen MR) is 61.0 cm³/mol. The minimum absolute atomic E-state index is 0.232. The quantitative estimate of drug-likeness (QED) is 0.820. The molecule has 0 aromatic carbocycles. The summed E-state index contributed by atoms with van der Waals surface area (Å²) in [5.41, 5.74) is 0.909. The fourth-order valence-electron chi connectivity index (χ4n) is 1.63. The van der Waals surface area contributed by atoms with Crippen LogP contribution < -0.4 is 4.74 Å². The van der Waals surface area contributed by atoms with Crippen molar-refractivity contribution in [2.24, 2.45) is 0 Å². The summed E-state index contributed by atoms with van der Waals surface area (Å²) in [5.74, 6) is 0. The van der Waals surface area contributed by atoms with Crippen molar-refractivity contribution in [3.63, 3.8) is 0 Å². The fourth-order valence-corrected chi connectivity index (χ4v) is 1.82. The second-order valence-corrected chi connectivity index (χ2v) is 4.73. The number of aromatic nitrogens is 2. The van der Waals surface area contributed by atoms with Gasteiger partial charge in [0.15, 0.2) is 0 Å². The van der Waals surface area contributed by atoms with Crippen molar-refractivity contribution in [1.82, 2.24) is 14.9 Å². The maximum Gasteiger partial charge on any atom is 0.316 e. The molecule has 5 heteroatoms. The molecule has 0 N–H and O–H groups in total. The third-order valence-electron chi connectivity index (χ3n) is 2.52. The van der Waals surface area contributed by atoms with Crippen LogP contribution in [0.25, 0.3) is 0 Å². The molecular formula is C10H14BrN3O. The average Bonchev–Trinajstić information content (AvgIpc) is 2.58. The van der Waals surface area contributed by atoms with Crippen molar-refractivity contribution in [2.75, 3.05) is 20.1 Å². The number of ether oxygens (including phenoxy) is 1. The minimum Gasteiger partial charge on any atom is -0.459 e. The van der Waals surface area contributed by atoms with Crippen LogP contribution in [0.15, 0.2) is 10.7 Å². The number of nitrogens with zero attached hydrogens (tertiary/aromatic N) is 3. The molecule has 0 bridgehead atoms. The molecule has 0 saturated carbocycles. The summed E-state index contributed by atoms with van der Waals surface area (Å²) in [7, 11) is 2.09. The SMILES string of the molecule is Cc1nc(OC2CCN(C)C2)ncc1Br. The lowest BCUT2D eigenvalue weighted by Gasteiger charge is -2.12. The van der Waals surface area contributed by atoms with Crippen molar-refractivity contribution in [2.45, 2.75) is 19.4 Å². The third-order valence-corrected chi connectivity index (χ3v) is 3.30. The Balaban J connectivity index is 2.02. The Morgan fingerprint density at radius 1 is 1.60 bits per heavy atom. The Kier molecular flexibility index (Phi) is 3.21. The average molecular weight is 272 g/mol. The summed E-state index contributed by atoms with van der Waals surface area (Å²) in [5, 5.41) is 0. The van der Waals surface area contributed by atoms with E-state index in [0.29, 0.717) is 6.01 Å². The van der Waals surface area contributed by atoms with Crippen LogP contribution in [0.4, 0.5) is 0 Å². The van der Waals surface area contributed by atoms with Crippen LogP contribution in [0.2, 0.25) is 0 Å². The van der Waals surface area contributed by atoms with Gasteiger partial charge in [0.25, 0.3) is 0 Å². The molecule has 1 aliphatic rings. The normalized spacial score (nSPS) is 21.9. The summed E-state index contributed by atoms with van der Waals surface area (Å²) < 4.78 is 6.61. The second-order valence-electron chi connectivity index (χ2n) is 3.88. The lowest BCUT2D eigenvalue weighted by Crippen LogP contribution is -2.22. The van der Waals surface area contributed by atoms with Gasteiger partial charge in [-0.25, -0.2) is 4.98 Å². The zero-order valence-corrected chi connectivity index (χ0v) is 10.5. The van der Waals surface area contributed by atoms with Crippen LogP contribution in [-0.2, 0) is 0 Å². The molecular weight excluding hydrogens is 258 g/mol. The van der Waals surface area contributed by atoms with E-state index >= 15 is 0 Å². The monoisotopic (exact) mass is 271 g/mol. The van der Waals surface area contributed by atoms with Gasteiger partial charge in [0.1, 0.15) is 6.10 Å². The van der Waals surface area contributed by atoms with E-state index in [4.69, 9.17) is 4.74 Å². The number of rotatable bonds is 2. The van der Waals surface area contributed by atoms with Crippen LogP contribution in [0.3, 0.4) is 0 Å². The van der Waals surface area contributed by atoms with E-state index in [1.165, 1.54) is 0 Å². The van der Waals surface area contributed by atoms with Gasteiger partial charge in [-0.3, -0.25) is 0 Å². The van der Waals surface area contributed by atoms with Crippen molar-refractivity contribution in [3.05, 3.63) is 16.4 Å². The number of halogens is 1. The zero-order valence-electron chi connectivity index (χ0n) is 8.90. The number of hydrogen-bond donors (Lipinski definition) is 0. The highest BCUT2D eigenvalue weighted by atomic mass is 79.9. The van der Waals surface area contributed by atoms with Gasteiger partial charge in [-0.1, -0.05) is 0 Å². The van der Waals surface area contributed by atoms with Crippen molar-refractivity contribution in [3.8, 4) is 6.01 Å². The molecule has 1 fully saturated rings. The Labute approximate surface area is 97.8 Å². The first-order valence-electron chi connectivity index (χ1n) is 4.99. The molecule has 0 aliphatic carbocycles. The van der Waals surface area contributed by atoms with E-state index < -0.39 is 0 Å². The predicted octanol–water partition coefficient (Wildman–Crippen LogP) is 1.63. The van der Waals surface area contributed by atoms with Crippen LogP contribution in [0, 0.1) is 6.92 Å². The van der Waals surface area contributed by atoms with E-state index in [1.54, 1.807) is 6.20 Å². The molecule has 15 heavy (non-hydrogen) atoms. The van der Waals surface area contributed by atoms with Gasteiger partial charge in [-0.2, -0.15) is 4.98 Å². The van der Waals surface area contributed by atoms with Gasteiger partial charge in [0, 0.05) is 19.3 Å². The number of hydrogen-bond acceptors (Lipinski definition) is 4. The molecule has 2 rings (SSSR count). The smallest absolute Gasteiger partial charge is 0.316 e. The van der Waals surface area contributed by atoms with E-state index in [-0.39, 0.29) is 6.10 Å². The van der Waals surface area contributed by atoms with E-state index in [0.717, 1.165) is 29.7 Å². The van der Waals surface area contributed by atoms with Crippen molar-refractivity contribution < 1.29 is 4.74 Å². The van der Waals surface area contributed by atoms with Crippen molar-refractivity contribution >= 4 is 15.9 Å². The Morgan fingerprint density at radius 2 is 2.40 bits per heavy atom. The van der Waals surface area contributed by atoms with Gasteiger partial charge in [0.2, 0.25) is 0 Å². The Hall–Kier alpha value is -0.680. The lowest BCUT2D eigenvalue weighted by atomic mass is 10.3. The van der Waals surface area contributed by atoms with E-state index in [2.05, 4.69) is 37.8 Å². The maximum atomic E-state index is 5.70. The molecule has 1 aromatic rings. The first-order chi connectivity index (χ1) is 7.15. The molecule has 1 unspecified atom stereocenters. The topological polar surface area (TPSA) is 38.2 Å². The number of likely N-dealkylation sites (tertiary alicyclic amines) is 1. The van der Waals surface area contributed by atoms with E-state index in [1.807, 2.05) is 6.92 Å². The fraction of sp³-hybridized carbons (Fsp3) is 0.600. The first-order valence-corrected chi connectivity index (χ1v) is 5.79. The van der Waals surface area contributed by atoms with Gasteiger partial charge < -0.3 is 9.64 Å². The third kappa shape index (κ3) is 2.66. The highest BCUT2D eigenvalue weighted by molar-refractivity contribution is 9.10. The van der Waals surface area contributed by atoms with Crippen LogP contribution in [0.5, 0.6) is 6.01 Å². The molecule has 0 spiro atoms. The van der Waals surface area contributed by atoms with Gasteiger partial charge in [0.05, 0.1) is 10.2 Å². The highest BCUT2D eigenvalue weighted by Gasteiger charge is 2.21. The van der Waals surface area contributed by atoms with Gasteiger partial charge >= 0.3 is 6.01 Å². The summed E-state index contributed by atoms with van der Waals surface area (Å²) in [6.07, 6.45) is 3.02. The first kappa shape index (κ1) is 10.8. The highest BCUT2D eigenvalue weighted by Crippen LogP contribution is 2.17. The number of aryl methyl sites for hydroxylation is 1. The standard InChI is InChI=1S/C10H14BrN3O/c1-7-9(11)5-12-10(13-7)15-8-3-4-14(2)6-8/h5,8H,3-4,6H2,1-2H3. The van der Waals surface area contributed by atoms with Gasteiger partial charge in [-0.15, -0.1) is 0 Å². The lowest BCUT2D eigenvalue weighted by molar-refractivity contribution is 0.191. The van der Waals surface area contributed by atoms with Crippen LogP contribution >= 0.6 is 15.9 Å². The molecule has 1 aromatic heterocycles. The Bertz CT molecular complexity index is 359. The minimum atomic E-state index is 0.232. The molecule has 1 atom stereocenters. The van der Waals surface area contributed by atoms with Gasteiger partial charge in [-0.05, 0) is 36.3 Å². The summed E-state index contributed by atoms with van der Waals surface area (Å²) in [6.45, 7) is 3.97. The molecule has 0 radical (unpaired) electrons. The molecule has 1 saturated heterocycles. The summed E-state index contributed by atoms with van der Waals surface area (Å²) >= 11 is 3.36. The molecule has 1 aliphatic heterocycles. The summed E-state index contributed by atoms with van der Waals surface area (Å²) in [4.78, 5) is 10.6. The van der Waals surface area contributed by atoms with E-state index in [9.17, 15) is 0 Å². The summed E-state index contributed by atoms with van der Waals surface area (Å²) in [6, 6.07) is 0.482. The Morgan fingerprint density at radius 3 is 3.00 bits per heavy atom. The molecule has 4 nitrogen and oxygen atoms in total. The molecule has 2 heterocycles.